The van der Waals surface area contributed by atoms with Crippen LogP contribution in [0.15, 0.2) is 72.9 Å². The molecule has 0 aromatic rings. The fourth-order valence-corrected chi connectivity index (χ4v) is 8.64. The molecule has 0 spiro atoms. The molecule has 0 bridgehead atoms. The highest BCUT2D eigenvalue weighted by Gasteiger charge is 2.19. The molecule has 410 valence electrons. The summed E-state index contributed by atoms with van der Waals surface area (Å²) >= 11 is 0. The number of carbonyl (C=O) groups excluding carboxylic acids is 3. The first-order chi connectivity index (χ1) is 35.0. The summed E-state index contributed by atoms with van der Waals surface area (Å²) in [6.07, 6.45) is 76.2. The zero-order valence-corrected chi connectivity index (χ0v) is 47.0. The first-order valence-corrected chi connectivity index (χ1v) is 30.4. The van der Waals surface area contributed by atoms with Gasteiger partial charge in [-0.1, -0.05) is 267 Å². The van der Waals surface area contributed by atoms with Gasteiger partial charge in [0.15, 0.2) is 6.10 Å². The summed E-state index contributed by atoms with van der Waals surface area (Å²) < 4.78 is 16.9. The van der Waals surface area contributed by atoms with Crippen LogP contribution in [0.25, 0.3) is 0 Å². The van der Waals surface area contributed by atoms with Crippen molar-refractivity contribution in [2.45, 2.75) is 309 Å². The molecule has 0 amide bonds. The molecular formula is C65H114O6. The Balaban J connectivity index is 4.25. The van der Waals surface area contributed by atoms with Crippen molar-refractivity contribution in [1.82, 2.24) is 0 Å². The standard InChI is InChI=1S/C65H114O6/c1-4-7-10-13-16-19-21-23-25-27-29-31-32-34-35-37-39-41-43-46-49-52-55-58-64(67)70-61-62(60-69-63(66)57-54-51-48-45-18-15-12-9-6-3)71-65(68)59-56-53-50-47-44-42-40-38-36-33-30-28-26-24-22-20-17-14-11-8-5-2/h7,10,16,19,22-25,28-31,62H,4-6,8-9,11-15,17-18,20-21,26-27,32-61H2,1-3H3/b10-7-,19-16-,24-22-,25-23-,30-28-,31-29-. The zero-order valence-electron chi connectivity index (χ0n) is 47.0. The van der Waals surface area contributed by atoms with Gasteiger partial charge in [0.1, 0.15) is 13.2 Å². The van der Waals surface area contributed by atoms with Crippen molar-refractivity contribution >= 4 is 17.9 Å². The largest absolute Gasteiger partial charge is 0.462 e. The van der Waals surface area contributed by atoms with E-state index in [-0.39, 0.29) is 31.1 Å². The lowest BCUT2D eigenvalue weighted by Crippen LogP contribution is -2.30. The van der Waals surface area contributed by atoms with Crippen molar-refractivity contribution in [3.63, 3.8) is 0 Å². The molecule has 0 fully saturated rings. The Morgan fingerprint density at radius 1 is 0.296 bits per heavy atom. The van der Waals surface area contributed by atoms with Crippen LogP contribution < -0.4 is 0 Å². The number of hydrogen-bond donors (Lipinski definition) is 0. The fraction of sp³-hybridized carbons (Fsp3) is 0.769. The van der Waals surface area contributed by atoms with E-state index in [9.17, 15) is 14.4 Å². The lowest BCUT2D eigenvalue weighted by Gasteiger charge is -2.18. The normalized spacial score (nSPS) is 12.5. The zero-order chi connectivity index (χ0) is 51.4. The third kappa shape index (κ3) is 57.6. The quantitative estimate of drug-likeness (QED) is 0.0261. The van der Waals surface area contributed by atoms with E-state index < -0.39 is 6.10 Å². The van der Waals surface area contributed by atoms with Gasteiger partial charge >= 0.3 is 17.9 Å². The topological polar surface area (TPSA) is 78.9 Å². The maximum atomic E-state index is 12.9. The van der Waals surface area contributed by atoms with Gasteiger partial charge in [0.25, 0.3) is 0 Å². The van der Waals surface area contributed by atoms with E-state index in [1.54, 1.807) is 0 Å². The molecule has 1 unspecified atom stereocenters. The van der Waals surface area contributed by atoms with Gasteiger partial charge in [0, 0.05) is 19.3 Å². The van der Waals surface area contributed by atoms with Crippen LogP contribution in [-0.2, 0) is 28.6 Å². The number of unbranched alkanes of at least 4 members (excludes halogenated alkanes) is 32. The number of ether oxygens (including phenoxy) is 3. The van der Waals surface area contributed by atoms with Gasteiger partial charge in [-0.15, -0.1) is 0 Å². The van der Waals surface area contributed by atoms with Crippen LogP contribution in [0.3, 0.4) is 0 Å². The predicted molar refractivity (Wildman–Crippen MR) is 307 cm³/mol. The van der Waals surface area contributed by atoms with Crippen LogP contribution in [0.5, 0.6) is 0 Å². The monoisotopic (exact) mass is 991 g/mol. The van der Waals surface area contributed by atoms with Crippen LogP contribution in [0.2, 0.25) is 0 Å². The molecule has 71 heavy (non-hydrogen) atoms. The molecule has 0 rings (SSSR count). The molecule has 0 N–H and O–H groups in total. The maximum absolute atomic E-state index is 12.9. The lowest BCUT2D eigenvalue weighted by atomic mass is 10.1. The molecule has 0 aliphatic heterocycles. The van der Waals surface area contributed by atoms with E-state index >= 15 is 0 Å². The smallest absolute Gasteiger partial charge is 0.306 e. The molecule has 6 heteroatoms. The molecule has 0 radical (unpaired) electrons. The molecule has 0 aromatic carbocycles. The Morgan fingerprint density at radius 3 is 0.859 bits per heavy atom. The van der Waals surface area contributed by atoms with Crippen LogP contribution in [-0.4, -0.2) is 37.2 Å². The lowest BCUT2D eigenvalue weighted by molar-refractivity contribution is -0.167. The highest BCUT2D eigenvalue weighted by Crippen LogP contribution is 2.16. The van der Waals surface area contributed by atoms with Gasteiger partial charge in [-0.05, 0) is 89.9 Å². The fourth-order valence-electron chi connectivity index (χ4n) is 8.64. The van der Waals surface area contributed by atoms with Crippen molar-refractivity contribution in [3.05, 3.63) is 72.9 Å². The van der Waals surface area contributed by atoms with Crippen molar-refractivity contribution in [3.8, 4) is 0 Å². The van der Waals surface area contributed by atoms with Crippen molar-refractivity contribution in [1.29, 1.82) is 0 Å². The first-order valence-electron chi connectivity index (χ1n) is 30.4. The predicted octanol–water partition coefficient (Wildman–Crippen LogP) is 20.5. The minimum absolute atomic E-state index is 0.0759. The Bertz CT molecular complexity index is 1320. The van der Waals surface area contributed by atoms with E-state index in [0.29, 0.717) is 19.3 Å². The van der Waals surface area contributed by atoms with Crippen molar-refractivity contribution in [2.24, 2.45) is 0 Å². The Morgan fingerprint density at radius 2 is 0.549 bits per heavy atom. The molecule has 0 aliphatic carbocycles. The van der Waals surface area contributed by atoms with E-state index in [4.69, 9.17) is 14.2 Å². The van der Waals surface area contributed by atoms with Crippen LogP contribution in [0, 0.1) is 0 Å². The molecule has 0 saturated heterocycles. The van der Waals surface area contributed by atoms with Gasteiger partial charge in [-0.25, -0.2) is 0 Å². The van der Waals surface area contributed by atoms with Crippen LogP contribution >= 0.6 is 0 Å². The molecule has 0 saturated carbocycles. The van der Waals surface area contributed by atoms with Gasteiger partial charge in [-0.3, -0.25) is 14.4 Å². The van der Waals surface area contributed by atoms with Gasteiger partial charge in [-0.2, -0.15) is 0 Å². The van der Waals surface area contributed by atoms with Crippen molar-refractivity contribution < 1.29 is 28.6 Å². The SMILES string of the molecule is CC/C=C\C/C=C\C/C=C\C/C=C\CCCCCCCCCCCCC(=O)OCC(COC(=O)CCCCCCCCCCC)OC(=O)CCCCCCCCCCC/C=C\C/C=C\CCCCCCC. The van der Waals surface area contributed by atoms with E-state index in [0.717, 1.165) is 89.9 Å². The molecule has 0 aliphatic rings. The second kappa shape index (κ2) is 59.4. The molecule has 6 nitrogen and oxygen atoms in total. The second-order valence-electron chi connectivity index (χ2n) is 20.2. The van der Waals surface area contributed by atoms with Crippen LogP contribution in [0.4, 0.5) is 0 Å². The van der Waals surface area contributed by atoms with Gasteiger partial charge < -0.3 is 14.2 Å². The summed E-state index contributed by atoms with van der Waals surface area (Å²) in [5.41, 5.74) is 0. The Kier molecular flexibility index (Phi) is 56.8. The average molecular weight is 992 g/mol. The summed E-state index contributed by atoms with van der Waals surface area (Å²) in [5, 5.41) is 0. The minimum Gasteiger partial charge on any atom is -0.462 e. The van der Waals surface area contributed by atoms with Crippen molar-refractivity contribution in [2.75, 3.05) is 13.2 Å². The average Bonchev–Trinajstić information content (AvgIpc) is 3.37. The number of allylic oxidation sites excluding steroid dienone is 12. The third-order valence-electron chi connectivity index (χ3n) is 13.2. The molecule has 0 heterocycles. The van der Waals surface area contributed by atoms with Gasteiger partial charge in [0.05, 0.1) is 0 Å². The number of rotatable bonds is 55. The Labute approximate surface area is 440 Å². The number of esters is 3. The molecule has 1 atom stereocenters. The number of hydrogen-bond acceptors (Lipinski definition) is 6. The molecule has 0 aromatic heterocycles. The Hall–Kier alpha value is -3.15. The van der Waals surface area contributed by atoms with E-state index in [2.05, 4.69) is 93.7 Å². The first kappa shape index (κ1) is 67.8. The van der Waals surface area contributed by atoms with Gasteiger partial charge in [0.2, 0.25) is 0 Å². The summed E-state index contributed by atoms with van der Waals surface area (Å²) in [6.45, 7) is 6.52. The maximum Gasteiger partial charge on any atom is 0.306 e. The minimum atomic E-state index is -0.777. The van der Waals surface area contributed by atoms with Crippen LogP contribution in [0.1, 0.15) is 303 Å². The summed E-state index contributed by atoms with van der Waals surface area (Å²) in [6, 6.07) is 0. The van der Waals surface area contributed by atoms with E-state index in [1.807, 2.05) is 0 Å². The summed E-state index contributed by atoms with van der Waals surface area (Å²) in [5.74, 6) is -0.876. The third-order valence-corrected chi connectivity index (χ3v) is 13.2. The summed E-state index contributed by atoms with van der Waals surface area (Å²) in [4.78, 5) is 38.1. The highest BCUT2D eigenvalue weighted by molar-refractivity contribution is 5.71. The highest BCUT2D eigenvalue weighted by atomic mass is 16.6. The summed E-state index contributed by atoms with van der Waals surface area (Å²) in [7, 11) is 0. The second-order valence-corrected chi connectivity index (χ2v) is 20.2. The number of carbonyl (C=O) groups is 3. The molecular weight excluding hydrogens is 877 g/mol. The van der Waals surface area contributed by atoms with E-state index in [1.165, 1.54) is 173 Å².